The van der Waals surface area contributed by atoms with Crippen molar-refractivity contribution in [3.05, 3.63) is 47.3 Å². The highest BCUT2D eigenvalue weighted by Crippen LogP contribution is 2.42. The van der Waals surface area contributed by atoms with Crippen LogP contribution >= 0.6 is 0 Å². The van der Waals surface area contributed by atoms with Gasteiger partial charge in [-0.3, -0.25) is 9.48 Å². The minimum absolute atomic E-state index is 0.173. The average Bonchev–Trinajstić information content (AvgIpc) is 3.38. The second kappa shape index (κ2) is 8.02. The number of carbonyl (C=O) groups is 1. The molecular formula is C19H22F3N3O2. The molecule has 27 heavy (non-hydrogen) atoms. The summed E-state index contributed by atoms with van der Waals surface area (Å²) in [5.74, 6) is 0.643. The molecule has 1 heterocycles. The average molecular weight is 381 g/mol. The third-order valence-electron chi connectivity index (χ3n) is 4.36. The van der Waals surface area contributed by atoms with E-state index in [1.54, 1.807) is 24.3 Å². The fourth-order valence-corrected chi connectivity index (χ4v) is 2.86. The molecule has 1 aliphatic rings. The van der Waals surface area contributed by atoms with Crippen LogP contribution in [-0.2, 0) is 12.7 Å². The number of amides is 1. The molecule has 0 saturated heterocycles. The zero-order valence-electron chi connectivity index (χ0n) is 15.1. The number of hydrogen-bond donors (Lipinski definition) is 1. The summed E-state index contributed by atoms with van der Waals surface area (Å²) in [5.41, 5.74) is 0.304. The second-order valence-corrected chi connectivity index (χ2v) is 6.52. The second-order valence-electron chi connectivity index (χ2n) is 6.52. The molecule has 0 aliphatic heterocycles. The molecule has 2 aromatic rings. The number of rotatable bonds is 8. The lowest BCUT2D eigenvalue weighted by atomic mass is 10.2. The van der Waals surface area contributed by atoms with Gasteiger partial charge in [0.15, 0.2) is 5.69 Å². The lowest BCUT2D eigenvalue weighted by Crippen LogP contribution is -2.25. The van der Waals surface area contributed by atoms with Gasteiger partial charge in [0.2, 0.25) is 0 Å². The molecule has 146 valence electrons. The molecule has 0 atom stereocenters. The van der Waals surface area contributed by atoms with Gasteiger partial charge in [-0.15, -0.1) is 0 Å². The van der Waals surface area contributed by atoms with E-state index >= 15 is 0 Å². The van der Waals surface area contributed by atoms with Crippen molar-refractivity contribution in [2.45, 2.75) is 44.8 Å². The van der Waals surface area contributed by atoms with Crippen molar-refractivity contribution in [3.8, 4) is 5.75 Å². The van der Waals surface area contributed by atoms with Crippen molar-refractivity contribution in [2.75, 3.05) is 13.2 Å². The highest BCUT2D eigenvalue weighted by molar-refractivity contribution is 5.94. The largest absolute Gasteiger partial charge is 0.494 e. The van der Waals surface area contributed by atoms with E-state index in [9.17, 15) is 18.0 Å². The molecule has 1 fully saturated rings. The van der Waals surface area contributed by atoms with Gasteiger partial charge in [-0.05, 0) is 56.5 Å². The van der Waals surface area contributed by atoms with Crippen molar-refractivity contribution in [3.63, 3.8) is 0 Å². The number of alkyl halides is 3. The highest BCUT2D eigenvalue weighted by Gasteiger charge is 2.37. The molecule has 1 aliphatic carbocycles. The maximum absolute atomic E-state index is 12.9. The number of carbonyl (C=O) groups excluding carboxylic acids is 1. The standard InChI is InChI=1S/C19H22F3N3O2/c1-2-27-15-8-6-14(7-9-15)18(26)23-10-3-11-25-16(13-4-5-13)12-17(24-25)19(20,21)22/h6-9,12-13H,2-5,10-11H2,1H3,(H,23,26). The molecule has 0 spiro atoms. The number of halogens is 3. The van der Waals surface area contributed by atoms with Gasteiger partial charge in [0.25, 0.3) is 5.91 Å². The summed E-state index contributed by atoms with van der Waals surface area (Å²) in [4.78, 5) is 12.1. The van der Waals surface area contributed by atoms with Crippen LogP contribution in [0.1, 0.15) is 53.8 Å². The fourth-order valence-electron chi connectivity index (χ4n) is 2.86. The van der Waals surface area contributed by atoms with Crippen molar-refractivity contribution in [2.24, 2.45) is 0 Å². The first-order chi connectivity index (χ1) is 12.9. The van der Waals surface area contributed by atoms with Gasteiger partial charge in [0.05, 0.1) is 6.61 Å². The van der Waals surface area contributed by atoms with Crippen LogP contribution in [0.4, 0.5) is 13.2 Å². The third kappa shape index (κ3) is 5.02. The van der Waals surface area contributed by atoms with Crippen LogP contribution in [-0.4, -0.2) is 28.8 Å². The van der Waals surface area contributed by atoms with Crippen LogP contribution in [0, 0.1) is 0 Å². The van der Waals surface area contributed by atoms with E-state index in [0.29, 0.717) is 43.1 Å². The summed E-state index contributed by atoms with van der Waals surface area (Å²) in [6.07, 6.45) is -2.13. The molecule has 1 aromatic carbocycles. The van der Waals surface area contributed by atoms with Crippen LogP contribution in [0.5, 0.6) is 5.75 Å². The van der Waals surface area contributed by atoms with E-state index in [1.165, 1.54) is 4.68 Å². The van der Waals surface area contributed by atoms with E-state index in [0.717, 1.165) is 18.9 Å². The van der Waals surface area contributed by atoms with Gasteiger partial charge in [0.1, 0.15) is 5.75 Å². The topological polar surface area (TPSA) is 56.1 Å². The van der Waals surface area contributed by atoms with Crippen molar-refractivity contribution >= 4 is 5.91 Å². The van der Waals surface area contributed by atoms with Gasteiger partial charge < -0.3 is 10.1 Å². The van der Waals surface area contributed by atoms with Gasteiger partial charge in [0, 0.05) is 30.3 Å². The van der Waals surface area contributed by atoms with Crippen LogP contribution in [0.2, 0.25) is 0 Å². The van der Waals surface area contributed by atoms with E-state index in [1.807, 2.05) is 6.92 Å². The molecule has 1 aromatic heterocycles. The monoisotopic (exact) mass is 381 g/mol. The Hall–Kier alpha value is -2.51. The Morgan fingerprint density at radius 1 is 1.30 bits per heavy atom. The lowest BCUT2D eigenvalue weighted by molar-refractivity contribution is -0.141. The van der Waals surface area contributed by atoms with Crippen LogP contribution in [0.25, 0.3) is 0 Å². The Bertz CT molecular complexity index is 780. The Morgan fingerprint density at radius 2 is 2.00 bits per heavy atom. The Labute approximate surface area is 155 Å². The first-order valence-electron chi connectivity index (χ1n) is 9.04. The molecule has 0 radical (unpaired) electrons. The molecule has 8 heteroatoms. The number of hydrogen-bond acceptors (Lipinski definition) is 3. The summed E-state index contributed by atoms with van der Waals surface area (Å²) in [7, 11) is 0. The van der Waals surface area contributed by atoms with E-state index in [2.05, 4.69) is 10.4 Å². The first kappa shape index (κ1) is 19.3. The predicted octanol–water partition coefficient (Wildman–Crippen LogP) is 4.00. The summed E-state index contributed by atoms with van der Waals surface area (Å²) < 4.78 is 45.4. The normalized spacial score (nSPS) is 14.2. The van der Waals surface area contributed by atoms with Crippen molar-refractivity contribution in [1.82, 2.24) is 15.1 Å². The highest BCUT2D eigenvalue weighted by atomic mass is 19.4. The molecular weight excluding hydrogens is 359 g/mol. The minimum Gasteiger partial charge on any atom is -0.494 e. The molecule has 5 nitrogen and oxygen atoms in total. The Morgan fingerprint density at radius 3 is 2.59 bits per heavy atom. The summed E-state index contributed by atoms with van der Waals surface area (Å²) in [5, 5.41) is 6.49. The molecule has 1 saturated carbocycles. The lowest BCUT2D eigenvalue weighted by Gasteiger charge is -2.09. The molecule has 1 amide bonds. The maximum atomic E-state index is 12.9. The van der Waals surface area contributed by atoms with Crippen LogP contribution < -0.4 is 10.1 Å². The number of ether oxygens (including phenoxy) is 1. The summed E-state index contributed by atoms with van der Waals surface area (Å²) in [6, 6.07) is 7.95. The summed E-state index contributed by atoms with van der Waals surface area (Å²) in [6.45, 7) is 3.13. The number of nitrogens with zero attached hydrogens (tertiary/aromatic N) is 2. The third-order valence-corrected chi connectivity index (χ3v) is 4.36. The zero-order valence-corrected chi connectivity index (χ0v) is 15.1. The van der Waals surface area contributed by atoms with Crippen molar-refractivity contribution < 1.29 is 22.7 Å². The van der Waals surface area contributed by atoms with Gasteiger partial charge in [-0.2, -0.15) is 18.3 Å². The minimum atomic E-state index is -4.43. The number of benzene rings is 1. The predicted molar refractivity (Wildman–Crippen MR) is 93.8 cm³/mol. The van der Waals surface area contributed by atoms with E-state index < -0.39 is 11.9 Å². The van der Waals surface area contributed by atoms with E-state index in [-0.39, 0.29) is 11.8 Å². The van der Waals surface area contributed by atoms with Gasteiger partial charge in [-0.25, -0.2) is 0 Å². The summed E-state index contributed by atoms with van der Waals surface area (Å²) >= 11 is 0. The zero-order chi connectivity index (χ0) is 19.4. The number of aromatic nitrogens is 2. The first-order valence-corrected chi connectivity index (χ1v) is 9.04. The maximum Gasteiger partial charge on any atom is 0.435 e. The smallest absolute Gasteiger partial charge is 0.435 e. The number of aryl methyl sites for hydroxylation is 1. The van der Waals surface area contributed by atoms with Gasteiger partial charge >= 0.3 is 6.18 Å². The quantitative estimate of drug-likeness (QED) is 0.704. The number of nitrogens with one attached hydrogen (secondary N) is 1. The van der Waals surface area contributed by atoms with Gasteiger partial charge in [-0.1, -0.05) is 0 Å². The fraction of sp³-hybridized carbons (Fsp3) is 0.474. The molecule has 3 rings (SSSR count). The SMILES string of the molecule is CCOc1ccc(C(=O)NCCCn2nc(C(F)(F)F)cc2C2CC2)cc1. The molecule has 1 N–H and O–H groups in total. The Balaban J connectivity index is 1.51. The van der Waals surface area contributed by atoms with E-state index in [4.69, 9.17) is 4.74 Å². The van der Waals surface area contributed by atoms with Crippen molar-refractivity contribution in [1.29, 1.82) is 0 Å². The van der Waals surface area contributed by atoms with Crippen LogP contribution in [0.3, 0.4) is 0 Å². The molecule has 0 unspecified atom stereocenters. The Kier molecular flexibility index (Phi) is 5.72. The molecule has 0 bridgehead atoms. The van der Waals surface area contributed by atoms with Crippen LogP contribution in [0.15, 0.2) is 30.3 Å².